The number of nitrogens with one attached hydrogen (secondary N) is 1. The molecular weight excluding hydrogens is 250 g/mol. The minimum absolute atomic E-state index is 0.234. The van der Waals surface area contributed by atoms with Gasteiger partial charge >= 0.3 is 0 Å². The van der Waals surface area contributed by atoms with Gasteiger partial charge in [-0.15, -0.1) is 11.3 Å². The van der Waals surface area contributed by atoms with E-state index in [9.17, 15) is 4.79 Å². The second-order valence-corrected chi connectivity index (χ2v) is 4.62. The highest BCUT2D eigenvalue weighted by Crippen LogP contribution is 2.25. The van der Waals surface area contributed by atoms with Crippen LogP contribution in [0.5, 0.6) is 5.75 Å². The van der Waals surface area contributed by atoms with Crippen LogP contribution in [0.4, 0.5) is 11.5 Å². The van der Waals surface area contributed by atoms with Gasteiger partial charge in [-0.05, 0) is 30.0 Å². The Labute approximate surface area is 109 Å². The van der Waals surface area contributed by atoms with Crippen molar-refractivity contribution in [3.05, 3.63) is 34.2 Å². The highest BCUT2D eigenvalue weighted by Gasteiger charge is 2.15. The molecule has 0 atom stereocenters. The first kappa shape index (κ1) is 12.4. The number of hydrogen-bond donors (Lipinski definition) is 2. The Morgan fingerprint density at radius 2 is 2.33 bits per heavy atom. The minimum atomic E-state index is -0.234. The van der Waals surface area contributed by atoms with Gasteiger partial charge in [0.1, 0.15) is 16.4 Å². The summed E-state index contributed by atoms with van der Waals surface area (Å²) in [5.41, 5.74) is 6.99. The van der Waals surface area contributed by atoms with Gasteiger partial charge in [-0.2, -0.15) is 0 Å². The molecule has 0 spiro atoms. The lowest BCUT2D eigenvalue weighted by Gasteiger charge is -2.07. The fourth-order valence-corrected chi connectivity index (χ4v) is 2.27. The monoisotopic (exact) mass is 263 g/mol. The van der Waals surface area contributed by atoms with Crippen molar-refractivity contribution in [3.63, 3.8) is 0 Å². The number of aryl methyl sites for hydroxylation is 1. The third-order valence-electron chi connectivity index (χ3n) is 2.39. The summed E-state index contributed by atoms with van der Waals surface area (Å²) < 4.78 is 5.10. The maximum atomic E-state index is 12.0. The molecule has 94 valence electrons. The third kappa shape index (κ3) is 2.43. The van der Waals surface area contributed by atoms with Gasteiger partial charge < -0.3 is 15.8 Å². The number of amides is 1. The van der Waals surface area contributed by atoms with Crippen molar-refractivity contribution in [1.29, 1.82) is 0 Å². The Kier molecular flexibility index (Phi) is 3.47. The number of nitrogen functional groups attached to an aromatic ring is 1. The van der Waals surface area contributed by atoms with E-state index in [-0.39, 0.29) is 5.91 Å². The number of anilines is 2. The van der Waals surface area contributed by atoms with E-state index < -0.39 is 0 Å². The van der Waals surface area contributed by atoms with Crippen molar-refractivity contribution < 1.29 is 9.53 Å². The Balaban J connectivity index is 2.21. The number of rotatable bonds is 3. The molecule has 0 fully saturated rings. The van der Waals surface area contributed by atoms with Crippen LogP contribution in [-0.4, -0.2) is 18.0 Å². The normalized spacial score (nSPS) is 10.1. The zero-order valence-corrected chi connectivity index (χ0v) is 10.9. The van der Waals surface area contributed by atoms with Crippen LogP contribution in [0.1, 0.15) is 15.2 Å². The lowest BCUT2D eigenvalue weighted by atomic mass is 10.2. The summed E-state index contributed by atoms with van der Waals surface area (Å²) in [4.78, 5) is 16.7. The first-order valence-corrected chi connectivity index (χ1v) is 6.14. The van der Waals surface area contributed by atoms with Crippen LogP contribution in [-0.2, 0) is 0 Å². The fraction of sp³-hybridized carbons (Fsp3) is 0.167. The molecule has 2 aromatic rings. The number of hydrogen-bond acceptors (Lipinski definition) is 5. The second kappa shape index (κ2) is 5.05. The highest BCUT2D eigenvalue weighted by atomic mass is 32.1. The van der Waals surface area contributed by atoms with Gasteiger partial charge in [-0.25, -0.2) is 4.98 Å². The van der Waals surface area contributed by atoms with Crippen LogP contribution in [0, 0.1) is 6.92 Å². The van der Waals surface area contributed by atoms with Gasteiger partial charge in [-0.3, -0.25) is 4.79 Å². The Morgan fingerprint density at radius 1 is 1.56 bits per heavy atom. The molecule has 6 heteroatoms. The van der Waals surface area contributed by atoms with Crippen LogP contribution in [0.25, 0.3) is 0 Å². The van der Waals surface area contributed by atoms with Crippen molar-refractivity contribution in [3.8, 4) is 5.75 Å². The third-order valence-corrected chi connectivity index (χ3v) is 3.28. The molecule has 0 saturated carbocycles. The van der Waals surface area contributed by atoms with E-state index in [0.717, 1.165) is 5.56 Å². The highest BCUT2D eigenvalue weighted by molar-refractivity contribution is 7.12. The predicted molar refractivity (Wildman–Crippen MR) is 72.2 cm³/mol. The zero-order chi connectivity index (χ0) is 13.1. The van der Waals surface area contributed by atoms with Gasteiger partial charge in [-0.1, -0.05) is 0 Å². The van der Waals surface area contributed by atoms with Crippen LogP contribution < -0.4 is 15.8 Å². The van der Waals surface area contributed by atoms with Crippen molar-refractivity contribution in [1.82, 2.24) is 4.98 Å². The van der Waals surface area contributed by atoms with Gasteiger partial charge in [0.2, 0.25) is 0 Å². The smallest absolute Gasteiger partial charge is 0.270 e. The van der Waals surface area contributed by atoms with Gasteiger partial charge in [0.25, 0.3) is 5.91 Å². The van der Waals surface area contributed by atoms with Crippen molar-refractivity contribution in [2.75, 3.05) is 18.2 Å². The van der Waals surface area contributed by atoms with Crippen molar-refractivity contribution in [2.45, 2.75) is 6.92 Å². The summed E-state index contributed by atoms with van der Waals surface area (Å²) in [7, 11) is 1.53. The molecule has 0 aliphatic heterocycles. The molecule has 0 aliphatic rings. The van der Waals surface area contributed by atoms with E-state index in [1.54, 1.807) is 17.5 Å². The number of ether oxygens (including phenoxy) is 1. The number of carbonyl (C=O) groups excluding carboxylic acids is 1. The molecule has 0 saturated heterocycles. The van der Waals surface area contributed by atoms with E-state index in [0.29, 0.717) is 22.1 Å². The lowest BCUT2D eigenvalue weighted by Crippen LogP contribution is -2.13. The van der Waals surface area contributed by atoms with Crippen LogP contribution in [0.2, 0.25) is 0 Å². The molecule has 0 aromatic carbocycles. The lowest BCUT2D eigenvalue weighted by molar-refractivity contribution is 0.102. The fourth-order valence-electron chi connectivity index (χ4n) is 1.52. The van der Waals surface area contributed by atoms with Gasteiger partial charge in [0, 0.05) is 0 Å². The largest absolute Gasteiger partial charge is 0.495 e. The van der Waals surface area contributed by atoms with Crippen LogP contribution in [0.15, 0.2) is 23.7 Å². The van der Waals surface area contributed by atoms with E-state index in [4.69, 9.17) is 10.5 Å². The molecule has 5 nitrogen and oxygen atoms in total. The predicted octanol–water partition coefficient (Wildman–Crippen LogP) is 2.29. The maximum absolute atomic E-state index is 12.0. The topological polar surface area (TPSA) is 77.2 Å². The van der Waals surface area contributed by atoms with Crippen molar-refractivity contribution in [2.24, 2.45) is 0 Å². The van der Waals surface area contributed by atoms with E-state index in [2.05, 4.69) is 10.3 Å². The first-order valence-electron chi connectivity index (χ1n) is 5.26. The quantitative estimate of drug-likeness (QED) is 0.890. The number of thiophene rings is 1. The van der Waals surface area contributed by atoms with Crippen LogP contribution >= 0.6 is 11.3 Å². The molecule has 0 aliphatic carbocycles. The average Bonchev–Trinajstić information content (AvgIpc) is 2.81. The summed E-state index contributed by atoms with van der Waals surface area (Å²) in [5.74, 6) is 0.831. The molecule has 2 aromatic heterocycles. The number of pyridine rings is 1. The Bertz CT molecular complexity index is 580. The van der Waals surface area contributed by atoms with Gasteiger partial charge in [0.15, 0.2) is 0 Å². The number of carbonyl (C=O) groups is 1. The molecule has 0 bridgehead atoms. The standard InChI is InChI=1S/C12H13N3O2S/c1-7-5-8(13)6-14-11(7)15-12(16)10-9(17-2)3-4-18-10/h3-6H,13H2,1-2H3,(H,14,15,16). The van der Waals surface area contributed by atoms with E-state index >= 15 is 0 Å². The summed E-state index contributed by atoms with van der Waals surface area (Å²) in [6, 6.07) is 3.51. The van der Waals surface area contributed by atoms with Crippen LogP contribution in [0.3, 0.4) is 0 Å². The minimum Gasteiger partial charge on any atom is -0.495 e. The number of aromatic nitrogens is 1. The summed E-state index contributed by atoms with van der Waals surface area (Å²) in [6.07, 6.45) is 1.51. The number of nitrogens with two attached hydrogens (primary N) is 1. The summed E-state index contributed by atoms with van der Waals surface area (Å²) >= 11 is 1.32. The maximum Gasteiger partial charge on any atom is 0.270 e. The Morgan fingerprint density at radius 3 is 3.00 bits per heavy atom. The molecule has 18 heavy (non-hydrogen) atoms. The molecular formula is C12H13N3O2S. The Hall–Kier alpha value is -2.08. The molecule has 1 amide bonds. The van der Waals surface area contributed by atoms with E-state index in [1.165, 1.54) is 24.6 Å². The number of nitrogens with zero attached hydrogens (tertiary/aromatic N) is 1. The SMILES string of the molecule is COc1ccsc1C(=O)Nc1ncc(N)cc1C. The van der Waals surface area contributed by atoms with Gasteiger partial charge in [0.05, 0.1) is 19.0 Å². The average molecular weight is 263 g/mol. The molecule has 2 rings (SSSR count). The molecule has 2 heterocycles. The number of methoxy groups -OCH3 is 1. The first-order chi connectivity index (χ1) is 8.61. The summed E-state index contributed by atoms with van der Waals surface area (Å²) in [6.45, 7) is 1.84. The molecule has 0 radical (unpaired) electrons. The molecule has 0 unspecified atom stereocenters. The van der Waals surface area contributed by atoms with Crippen molar-refractivity contribution >= 4 is 28.7 Å². The zero-order valence-electron chi connectivity index (χ0n) is 10.1. The molecule has 3 N–H and O–H groups in total. The van der Waals surface area contributed by atoms with E-state index in [1.807, 2.05) is 6.92 Å². The summed E-state index contributed by atoms with van der Waals surface area (Å²) in [5, 5.41) is 4.54. The second-order valence-electron chi connectivity index (χ2n) is 3.71.